The average molecular weight is 386 g/mol. The third-order valence-corrected chi connectivity index (χ3v) is 5.95. The van der Waals surface area contributed by atoms with Crippen LogP contribution in [0.5, 0.6) is 0 Å². The van der Waals surface area contributed by atoms with E-state index in [2.05, 4.69) is 5.01 Å². The Balaban J connectivity index is 1.57. The first-order valence-corrected chi connectivity index (χ1v) is 9.36. The highest BCUT2D eigenvalue weighted by atomic mass is 35.5. The van der Waals surface area contributed by atoms with Crippen molar-refractivity contribution in [3.8, 4) is 0 Å². The minimum absolute atomic E-state index is 0.198. The van der Waals surface area contributed by atoms with Gasteiger partial charge in [0.2, 0.25) is 5.91 Å². The summed E-state index contributed by atoms with van der Waals surface area (Å²) in [6, 6.07) is 12.2. The predicted molar refractivity (Wildman–Crippen MR) is 98.4 cm³/mol. The van der Waals surface area contributed by atoms with Crippen LogP contribution >= 0.6 is 11.6 Å². The molecule has 3 heterocycles. The molecule has 138 valence electrons. The number of anilines is 1. The van der Waals surface area contributed by atoms with Crippen molar-refractivity contribution in [2.45, 2.75) is 18.5 Å². The summed E-state index contributed by atoms with van der Waals surface area (Å²) in [5.41, 5.74) is 1.39. The van der Waals surface area contributed by atoms with Gasteiger partial charge in [-0.25, -0.2) is 19.3 Å². The number of hydrazine groups is 1. The molecule has 5 nitrogen and oxygen atoms in total. The number of carbonyl (C=O) groups excluding carboxylic acids is 2. The first-order chi connectivity index (χ1) is 13.1. The SMILES string of the molecule is O=C1C2C(C(=O)N1c1ccc(F)cc1)N1CCCN1C2c1ccc(Cl)cc1. The maximum absolute atomic E-state index is 13.3. The fourth-order valence-electron chi connectivity index (χ4n) is 4.62. The van der Waals surface area contributed by atoms with Crippen LogP contribution in [-0.4, -0.2) is 41.0 Å². The smallest absolute Gasteiger partial charge is 0.253 e. The van der Waals surface area contributed by atoms with Gasteiger partial charge in [-0.05, 0) is 48.4 Å². The number of hydrogen-bond acceptors (Lipinski definition) is 4. The second-order valence-corrected chi connectivity index (χ2v) is 7.57. The molecule has 3 aliphatic rings. The molecule has 0 spiro atoms. The third-order valence-electron chi connectivity index (χ3n) is 5.70. The van der Waals surface area contributed by atoms with Crippen molar-refractivity contribution in [2.75, 3.05) is 18.0 Å². The van der Waals surface area contributed by atoms with E-state index in [0.717, 1.165) is 25.1 Å². The summed E-state index contributed by atoms with van der Waals surface area (Å²) in [5.74, 6) is -1.35. The van der Waals surface area contributed by atoms with Crippen LogP contribution in [0.3, 0.4) is 0 Å². The van der Waals surface area contributed by atoms with E-state index in [1.807, 2.05) is 29.3 Å². The lowest BCUT2D eigenvalue weighted by Gasteiger charge is -2.29. The van der Waals surface area contributed by atoms with E-state index in [1.54, 1.807) is 0 Å². The molecule has 3 saturated heterocycles. The summed E-state index contributed by atoms with van der Waals surface area (Å²) < 4.78 is 13.3. The van der Waals surface area contributed by atoms with Crippen molar-refractivity contribution in [2.24, 2.45) is 5.92 Å². The van der Waals surface area contributed by atoms with Crippen LogP contribution < -0.4 is 4.90 Å². The van der Waals surface area contributed by atoms with Crippen molar-refractivity contribution in [1.29, 1.82) is 0 Å². The lowest BCUT2D eigenvalue weighted by Crippen LogP contribution is -2.44. The summed E-state index contributed by atoms with van der Waals surface area (Å²) in [4.78, 5) is 27.7. The van der Waals surface area contributed by atoms with Crippen LogP contribution in [0, 0.1) is 11.7 Å². The standard InChI is InChI=1S/C20H17ClFN3O2/c21-13-4-2-12(3-5-13)17-16-18(24-11-1-10-23(17)24)20(27)25(19(16)26)15-8-6-14(22)7-9-15/h2-9,16-18H,1,10-11H2. The normalized spacial score (nSPS) is 28.1. The Labute approximate surface area is 160 Å². The Morgan fingerprint density at radius 1 is 0.852 bits per heavy atom. The molecule has 0 N–H and O–H groups in total. The number of amides is 2. The number of imide groups is 1. The van der Waals surface area contributed by atoms with Crippen LogP contribution in [0.1, 0.15) is 18.0 Å². The third kappa shape index (κ3) is 2.44. The zero-order chi connectivity index (χ0) is 18.7. The second-order valence-electron chi connectivity index (χ2n) is 7.14. The van der Waals surface area contributed by atoms with Crippen LogP contribution in [0.4, 0.5) is 10.1 Å². The summed E-state index contributed by atoms with van der Waals surface area (Å²) in [6.45, 7) is 1.57. The molecule has 0 bridgehead atoms. The van der Waals surface area contributed by atoms with Gasteiger partial charge in [-0.3, -0.25) is 9.59 Å². The highest BCUT2D eigenvalue weighted by molar-refractivity contribution is 6.30. The Morgan fingerprint density at radius 2 is 1.48 bits per heavy atom. The predicted octanol–water partition coefficient (Wildman–Crippen LogP) is 3.01. The van der Waals surface area contributed by atoms with Crippen molar-refractivity contribution < 1.29 is 14.0 Å². The molecule has 5 rings (SSSR count). The van der Waals surface area contributed by atoms with E-state index in [0.29, 0.717) is 10.7 Å². The van der Waals surface area contributed by atoms with Gasteiger partial charge in [0.1, 0.15) is 11.9 Å². The minimum Gasteiger partial charge on any atom is -0.274 e. The van der Waals surface area contributed by atoms with Crippen LogP contribution in [0.2, 0.25) is 5.02 Å². The van der Waals surface area contributed by atoms with E-state index in [1.165, 1.54) is 29.2 Å². The molecule has 3 unspecified atom stereocenters. The lowest BCUT2D eigenvalue weighted by molar-refractivity contribution is -0.126. The Morgan fingerprint density at radius 3 is 2.15 bits per heavy atom. The van der Waals surface area contributed by atoms with Gasteiger partial charge in [0.05, 0.1) is 17.6 Å². The Bertz CT molecular complexity index is 918. The fraction of sp³-hybridized carbons (Fsp3) is 0.300. The summed E-state index contributed by atoms with van der Waals surface area (Å²) >= 11 is 6.02. The summed E-state index contributed by atoms with van der Waals surface area (Å²) in [7, 11) is 0. The summed E-state index contributed by atoms with van der Waals surface area (Å²) in [6.07, 6.45) is 0.950. The number of rotatable bonds is 2. The van der Waals surface area contributed by atoms with Crippen LogP contribution in [-0.2, 0) is 9.59 Å². The number of fused-ring (bicyclic) bond motifs is 3. The quantitative estimate of drug-likeness (QED) is 0.745. The van der Waals surface area contributed by atoms with E-state index in [9.17, 15) is 14.0 Å². The zero-order valence-corrected chi connectivity index (χ0v) is 15.1. The second kappa shape index (κ2) is 6.12. The molecule has 27 heavy (non-hydrogen) atoms. The van der Waals surface area contributed by atoms with Crippen molar-refractivity contribution in [1.82, 2.24) is 10.0 Å². The molecule has 2 aromatic rings. The summed E-state index contributed by atoms with van der Waals surface area (Å²) in [5, 5.41) is 4.82. The molecule has 2 aromatic carbocycles. The van der Waals surface area contributed by atoms with Gasteiger partial charge in [-0.1, -0.05) is 23.7 Å². The molecule has 3 aliphatic heterocycles. The van der Waals surface area contributed by atoms with E-state index in [4.69, 9.17) is 11.6 Å². The maximum Gasteiger partial charge on any atom is 0.253 e. The number of hydrogen-bond donors (Lipinski definition) is 0. The van der Waals surface area contributed by atoms with Crippen molar-refractivity contribution in [3.05, 3.63) is 64.9 Å². The highest BCUT2D eigenvalue weighted by Crippen LogP contribution is 2.48. The molecule has 3 fully saturated rings. The van der Waals surface area contributed by atoms with E-state index in [-0.39, 0.29) is 17.9 Å². The first-order valence-electron chi connectivity index (χ1n) is 8.98. The topological polar surface area (TPSA) is 43.9 Å². The molecule has 0 saturated carbocycles. The average Bonchev–Trinajstić information content (AvgIpc) is 3.30. The van der Waals surface area contributed by atoms with Gasteiger partial charge < -0.3 is 0 Å². The Hall–Kier alpha value is -2.28. The van der Waals surface area contributed by atoms with Gasteiger partial charge >= 0.3 is 0 Å². The van der Waals surface area contributed by atoms with Gasteiger partial charge in [0.25, 0.3) is 5.91 Å². The van der Waals surface area contributed by atoms with Gasteiger partial charge in [-0.15, -0.1) is 0 Å². The number of carbonyl (C=O) groups is 2. The monoisotopic (exact) mass is 385 g/mol. The molecule has 3 atom stereocenters. The molecule has 0 aliphatic carbocycles. The highest BCUT2D eigenvalue weighted by Gasteiger charge is 2.62. The molecular weight excluding hydrogens is 369 g/mol. The van der Waals surface area contributed by atoms with E-state index >= 15 is 0 Å². The number of benzene rings is 2. The largest absolute Gasteiger partial charge is 0.274 e. The minimum atomic E-state index is -0.509. The molecule has 0 aromatic heterocycles. The first kappa shape index (κ1) is 16.9. The molecular formula is C20H17ClFN3O2. The molecule has 0 radical (unpaired) electrons. The van der Waals surface area contributed by atoms with E-state index < -0.39 is 17.8 Å². The zero-order valence-electron chi connectivity index (χ0n) is 14.4. The Kier molecular flexibility index (Phi) is 3.82. The van der Waals surface area contributed by atoms with Gasteiger partial charge in [0.15, 0.2) is 0 Å². The van der Waals surface area contributed by atoms with Crippen molar-refractivity contribution >= 4 is 29.1 Å². The van der Waals surface area contributed by atoms with Crippen molar-refractivity contribution in [3.63, 3.8) is 0 Å². The van der Waals surface area contributed by atoms with Crippen LogP contribution in [0.15, 0.2) is 48.5 Å². The molecule has 7 heteroatoms. The number of nitrogens with zero attached hydrogens (tertiary/aromatic N) is 3. The fourth-order valence-corrected chi connectivity index (χ4v) is 4.74. The molecule has 2 amide bonds. The lowest BCUT2D eigenvalue weighted by atomic mass is 9.90. The van der Waals surface area contributed by atoms with Gasteiger partial charge in [0, 0.05) is 18.1 Å². The maximum atomic E-state index is 13.3. The number of halogens is 2. The van der Waals surface area contributed by atoms with Crippen LogP contribution in [0.25, 0.3) is 0 Å². The van der Waals surface area contributed by atoms with Gasteiger partial charge in [-0.2, -0.15) is 0 Å².